The zero-order chi connectivity index (χ0) is 14.5. The summed E-state index contributed by atoms with van der Waals surface area (Å²) in [5, 5.41) is 8.47. The van der Waals surface area contributed by atoms with Crippen molar-refractivity contribution in [2.75, 3.05) is 25.5 Å². The predicted molar refractivity (Wildman–Crippen MR) is 72.8 cm³/mol. The summed E-state index contributed by atoms with van der Waals surface area (Å²) in [7, 11) is 0.0670. The van der Waals surface area contributed by atoms with Crippen molar-refractivity contribution in [1.29, 1.82) is 0 Å². The number of nitrogens with one attached hydrogen (secondary N) is 1. The Morgan fingerprint density at radius 1 is 1.37 bits per heavy atom. The van der Waals surface area contributed by atoms with Gasteiger partial charge in [-0.3, -0.25) is 4.79 Å². The van der Waals surface area contributed by atoms with Crippen molar-refractivity contribution in [3.8, 4) is 0 Å². The smallest absolute Gasteiger partial charge is 0.303 e. The zero-order valence-electron chi connectivity index (χ0n) is 11.0. The lowest BCUT2D eigenvalue weighted by molar-refractivity contribution is -0.137. The van der Waals surface area contributed by atoms with E-state index in [1.54, 1.807) is 12.1 Å². The number of benzene rings is 1. The van der Waals surface area contributed by atoms with Crippen LogP contribution in [-0.2, 0) is 14.8 Å². The Bertz CT molecular complexity index is 540. The summed E-state index contributed by atoms with van der Waals surface area (Å²) in [5.41, 5.74) is 0.786. The first-order valence-corrected chi connectivity index (χ1v) is 7.30. The van der Waals surface area contributed by atoms with Gasteiger partial charge in [-0.05, 0) is 24.6 Å². The fraction of sp³-hybridized carbons (Fsp3) is 0.417. The first kappa shape index (κ1) is 15.5. The van der Waals surface area contributed by atoms with Crippen LogP contribution in [0, 0.1) is 0 Å². The molecule has 2 N–H and O–H groups in total. The summed E-state index contributed by atoms with van der Waals surface area (Å²) >= 11 is 0. The van der Waals surface area contributed by atoms with E-state index in [1.165, 1.54) is 6.07 Å². The summed E-state index contributed by atoms with van der Waals surface area (Å²) in [5.74, 6) is -0.936. The van der Waals surface area contributed by atoms with Crippen molar-refractivity contribution in [1.82, 2.24) is 4.72 Å². The highest BCUT2D eigenvalue weighted by Gasteiger charge is 2.14. The fourth-order valence-corrected chi connectivity index (χ4v) is 2.57. The first-order valence-electron chi connectivity index (χ1n) is 5.82. The highest BCUT2D eigenvalue weighted by molar-refractivity contribution is 7.89. The molecule has 0 radical (unpaired) electrons. The number of carboxylic acid groups (broad SMARTS) is 1. The molecule has 1 aromatic carbocycles. The van der Waals surface area contributed by atoms with Crippen molar-refractivity contribution >= 4 is 21.7 Å². The Balaban J connectivity index is 2.72. The van der Waals surface area contributed by atoms with Gasteiger partial charge in [-0.25, -0.2) is 13.1 Å². The van der Waals surface area contributed by atoms with Crippen LogP contribution in [0.1, 0.15) is 12.8 Å². The lowest BCUT2D eigenvalue weighted by Crippen LogP contribution is -2.25. The van der Waals surface area contributed by atoms with E-state index in [4.69, 9.17) is 5.11 Å². The van der Waals surface area contributed by atoms with E-state index in [0.717, 1.165) is 5.69 Å². The van der Waals surface area contributed by atoms with E-state index in [9.17, 15) is 13.2 Å². The van der Waals surface area contributed by atoms with Gasteiger partial charge < -0.3 is 10.0 Å². The molecule has 0 bridgehead atoms. The topological polar surface area (TPSA) is 86.7 Å². The van der Waals surface area contributed by atoms with Gasteiger partial charge in [-0.1, -0.05) is 6.07 Å². The molecule has 0 atom stereocenters. The molecule has 6 nitrogen and oxygen atoms in total. The molecule has 7 heteroatoms. The summed E-state index contributed by atoms with van der Waals surface area (Å²) in [6.45, 7) is 0.112. The minimum Gasteiger partial charge on any atom is -0.481 e. The normalized spacial score (nSPS) is 11.3. The third kappa shape index (κ3) is 4.88. The van der Waals surface area contributed by atoms with Crippen molar-refractivity contribution in [3.05, 3.63) is 24.3 Å². The van der Waals surface area contributed by atoms with Gasteiger partial charge in [-0.2, -0.15) is 0 Å². The van der Waals surface area contributed by atoms with Crippen molar-refractivity contribution < 1.29 is 18.3 Å². The number of hydrogen-bond donors (Lipinski definition) is 2. The second-order valence-corrected chi connectivity index (χ2v) is 6.05. The number of hydrogen-bond acceptors (Lipinski definition) is 4. The maximum Gasteiger partial charge on any atom is 0.303 e. The van der Waals surface area contributed by atoms with Crippen LogP contribution in [-0.4, -0.2) is 40.1 Å². The van der Waals surface area contributed by atoms with E-state index >= 15 is 0 Å². The van der Waals surface area contributed by atoms with Crippen LogP contribution in [0.4, 0.5) is 5.69 Å². The van der Waals surface area contributed by atoms with Gasteiger partial charge in [0, 0.05) is 32.7 Å². The van der Waals surface area contributed by atoms with Gasteiger partial charge in [-0.15, -0.1) is 0 Å². The molecule has 0 aromatic heterocycles. The van der Waals surface area contributed by atoms with Crippen LogP contribution in [0.15, 0.2) is 29.2 Å². The third-order valence-electron chi connectivity index (χ3n) is 2.50. The molecule has 1 rings (SSSR count). The molecule has 0 fully saturated rings. The number of aliphatic carboxylic acids is 1. The number of anilines is 1. The highest BCUT2D eigenvalue weighted by Crippen LogP contribution is 2.17. The van der Waals surface area contributed by atoms with E-state index in [0.29, 0.717) is 0 Å². The van der Waals surface area contributed by atoms with Crippen LogP contribution in [0.25, 0.3) is 0 Å². The van der Waals surface area contributed by atoms with Crippen molar-refractivity contribution in [2.24, 2.45) is 0 Å². The summed E-state index contributed by atoms with van der Waals surface area (Å²) in [4.78, 5) is 12.3. The molecule has 106 valence electrons. The minimum absolute atomic E-state index is 0.0553. The van der Waals surface area contributed by atoms with Crippen LogP contribution < -0.4 is 9.62 Å². The standard InChI is InChI=1S/C12H18N2O4S/c1-14(2)10-5-3-6-11(9-10)19(17,18)13-8-4-7-12(15)16/h3,5-6,9,13H,4,7-8H2,1-2H3,(H,15,16). The zero-order valence-corrected chi connectivity index (χ0v) is 11.8. The van der Waals surface area contributed by atoms with Gasteiger partial charge in [0.25, 0.3) is 0 Å². The number of nitrogens with zero attached hydrogens (tertiary/aromatic N) is 1. The average Bonchev–Trinajstić information content (AvgIpc) is 2.34. The molecule has 1 aromatic rings. The minimum atomic E-state index is -3.58. The van der Waals surface area contributed by atoms with E-state index in [2.05, 4.69) is 4.72 Å². The third-order valence-corrected chi connectivity index (χ3v) is 3.96. The maximum absolute atomic E-state index is 12.0. The van der Waals surface area contributed by atoms with E-state index < -0.39 is 16.0 Å². The van der Waals surface area contributed by atoms with Gasteiger partial charge in [0.15, 0.2) is 0 Å². The SMILES string of the molecule is CN(C)c1cccc(S(=O)(=O)NCCCC(=O)O)c1. The Hall–Kier alpha value is -1.60. The largest absolute Gasteiger partial charge is 0.481 e. The van der Waals surface area contributed by atoms with Crippen molar-refractivity contribution in [2.45, 2.75) is 17.7 Å². The van der Waals surface area contributed by atoms with Crippen LogP contribution >= 0.6 is 0 Å². The Morgan fingerprint density at radius 3 is 2.63 bits per heavy atom. The fourth-order valence-electron chi connectivity index (χ4n) is 1.46. The second kappa shape index (κ2) is 6.53. The lowest BCUT2D eigenvalue weighted by Gasteiger charge is -2.14. The second-order valence-electron chi connectivity index (χ2n) is 4.29. The van der Waals surface area contributed by atoms with Gasteiger partial charge in [0.1, 0.15) is 0 Å². The lowest BCUT2D eigenvalue weighted by atomic mass is 10.3. The van der Waals surface area contributed by atoms with E-state index in [-0.39, 0.29) is 24.3 Å². The molecule has 0 aliphatic carbocycles. The van der Waals surface area contributed by atoms with Gasteiger partial charge >= 0.3 is 5.97 Å². The number of rotatable bonds is 7. The molecule has 0 aliphatic rings. The molecule has 0 aliphatic heterocycles. The average molecular weight is 286 g/mol. The quantitative estimate of drug-likeness (QED) is 0.727. The molecule has 0 saturated heterocycles. The molecule has 0 amide bonds. The molecular weight excluding hydrogens is 268 g/mol. The van der Waals surface area contributed by atoms with Gasteiger partial charge in [0.05, 0.1) is 4.90 Å². The predicted octanol–water partition coefficient (Wildman–Crippen LogP) is 0.896. The first-order chi connectivity index (χ1) is 8.83. The number of sulfonamides is 1. The maximum atomic E-state index is 12.0. The number of carboxylic acids is 1. The molecule has 0 heterocycles. The molecular formula is C12H18N2O4S. The van der Waals surface area contributed by atoms with Crippen molar-refractivity contribution in [3.63, 3.8) is 0 Å². The Kier molecular flexibility index (Phi) is 5.31. The molecule has 0 unspecified atom stereocenters. The number of carbonyl (C=O) groups is 1. The Labute approximate surface area is 113 Å². The Morgan fingerprint density at radius 2 is 2.05 bits per heavy atom. The van der Waals surface area contributed by atoms with Crippen LogP contribution in [0.2, 0.25) is 0 Å². The summed E-state index contributed by atoms with van der Waals surface area (Å²) in [6, 6.07) is 6.55. The highest BCUT2D eigenvalue weighted by atomic mass is 32.2. The molecule has 0 spiro atoms. The monoisotopic (exact) mass is 286 g/mol. The summed E-state index contributed by atoms with van der Waals surface area (Å²) in [6.07, 6.45) is 0.211. The van der Waals surface area contributed by atoms with Crippen LogP contribution in [0.5, 0.6) is 0 Å². The summed E-state index contributed by atoms with van der Waals surface area (Å²) < 4.78 is 26.3. The molecule has 19 heavy (non-hydrogen) atoms. The van der Waals surface area contributed by atoms with Gasteiger partial charge in [0.2, 0.25) is 10.0 Å². The van der Waals surface area contributed by atoms with E-state index in [1.807, 2.05) is 25.1 Å². The van der Waals surface area contributed by atoms with Crippen LogP contribution in [0.3, 0.4) is 0 Å². The molecule has 0 saturated carbocycles.